The lowest BCUT2D eigenvalue weighted by Gasteiger charge is -2.58. The van der Waals surface area contributed by atoms with Crippen molar-refractivity contribution in [2.45, 2.75) is 65.2 Å². The van der Waals surface area contributed by atoms with Gasteiger partial charge < -0.3 is 4.74 Å². The Bertz CT molecular complexity index is 536. The molecule has 128 valence electrons. The summed E-state index contributed by atoms with van der Waals surface area (Å²) in [7, 11) is 1.86. The molecule has 0 aromatic rings. The van der Waals surface area contributed by atoms with Crippen LogP contribution in [-0.2, 0) is 9.53 Å². The Morgan fingerprint density at radius 3 is 2.70 bits per heavy atom. The van der Waals surface area contributed by atoms with E-state index in [1.807, 2.05) is 13.2 Å². The minimum absolute atomic E-state index is 0.317. The van der Waals surface area contributed by atoms with Crippen molar-refractivity contribution < 1.29 is 9.53 Å². The summed E-state index contributed by atoms with van der Waals surface area (Å²) < 4.78 is 5.55. The lowest BCUT2D eigenvalue weighted by atomic mass is 9.47. The molecule has 0 aromatic carbocycles. The molecule has 4 aliphatic carbocycles. The van der Waals surface area contributed by atoms with Crippen LogP contribution in [0.3, 0.4) is 0 Å². The predicted octanol–water partition coefficient (Wildman–Crippen LogP) is 4.78. The van der Waals surface area contributed by atoms with E-state index in [1.54, 1.807) is 0 Å². The third kappa shape index (κ3) is 2.20. The van der Waals surface area contributed by atoms with Gasteiger partial charge in [-0.05, 0) is 85.5 Å². The van der Waals surface area contributed by atoms with Gasteiger partial charge >= 0.3 is 0 Å². The number of methoxy groups -OCH3 is 1. The molecule has 6 atom stereocenters. The largest absolute Gasteiger partial charge is 0.384 e. The average Bonchev–Trinajstić information content (AvgIpc) is 2.85. The van der Waals surface area contributed by atoms with Crippen LogP contribution in [-0.4, -0.2) is 19.5 Å². The number of hydrogen-bond donors (Lipinski definition) is 0. The van der Waals surface area contributed by atoms with Crippen LogP contribution in [0.4, 0.5) is 0 Å². The van der Waals surface area contributed by atoms with Crippen LogP contribution in [0.25, 0.3) is 0 Å². The Morgan fingerprint density at radius 1 is 1.09 bits per heavy atom. The molecule has 0 bridgehead atoms. The van der Waals surface area contributed by atoms with Crippen molar-refractivity contribution in [2.24, 2.45) is 34.5 Å². The summed E-state index contributed by atoms with van der Waals surface area (Å²) in [6, 6.07) is 0. The van der Waals surface area contributed by atoms with E-state index in [9.17, 15) is 4.79 Å². The van der Waals surface area contributed by atoms with Crippen LogP contribution in [0.5, 0.6) is 0 Å². The molecule has 0 spiro atoms. The second-order valence-electron chi connectivity index (χ2n) is 9.24. The fourth-order valence-corrected chi connectivity index (χ4v) is 7.14. The summed E-state index contributed by atoms with van der Waals surface area (Å²) in [6.45, 7) is 5.98. The van der Waals surface area contributed by atoms with E-state index in [0.717, 1.165) is 43.1 Å². The number of carbonyl (C=O) groups is 1. The number of hydrogen-bond acceptors (Lipinski definition) is 2. The van der Waals surface area contributed by atoms with Crippen molar-refractivity contribution in [2.75, 3.05) is 13.7 Å². The molecule has 4 aliphatic rings. The molecule has 2 heteroatoms. The van der Waals surface area contributed by atoms with Gasteiger partial charge in [-0.3, -0.25) is 4.79 Å². The molecular weight excluding hydrogens is 284 g/mol. The van der Waals surface area contributed by atoms with Crippen LogP contribution in [0.15, 0.2) is 11.6 Å². The van der Waals surface area contributed by atoms with E-state index in [4.69, 9.17) is 4.74 Å². The Morgan fingerprint density at radius 2 is 1.91 bits per heavy atom. The maximum absolute atomic E-state index is 11.9. The van der Waals surface area contributed by atoms with Crippen molar-refractivity contribution in [3.05, 3.63) is 11.6 Å². The number of carbonyl (C=O) groups excluding carboxylic acids is 1. The zero-order valence-electron chi connectivity index (χ0n) is 15.1. The van der Waals surface area contributed by atoms with Crippen molar-refractivity contribution in [3.63, 3.8) is 0 Å². The van der Waals surface area contributed by atoms with Gasteiger partial charge in [-0.25, -0.2) is 0 Å². The molecule has 0 saturated heterocycles. The van der Waals surface area contributed by atoms with Crippen molar-refractivity contribution in [3.8, 4) is 0 Å². The molecule has 0 unspecified atom stereocenters. The third-order valence-electron chi connectivity index (χ3n) is 8.53. The highest BCUT2D eigenvalue weighted by Crippen LogP contribution is 2.66. The van der Waals surface area contributed by atoms with Gasteiger partial charge in [0.05, 0.1) is 0 Å². The molecule has 23 heavy (non-hydrogen) atoms. The summed E-state index contributed by atoms with van der Waals surface area (Å²) in [4.78, 5) is 11.9. The average molecular weight is 316 g/mol. The maximum Gasteiger partial charge on any atom is 0.155 e. The summed E-state index contributed by atoms with van der Waals surface area (Å²) >= 11 is 0. The molecule has 2 nitrogen and oxygen atoms in total. The molecule has 0 amide bonds. The third-order valence-corrected chi connectivity index (χ3v) is 8.53. The molecule has 0 heterocycles. The molecule has 0 N–H and O–H groups in total. The van der Waals surface area contributed by atoms with Crippen molar-refractivity contribution >= 4 is 5.78 Å². The Hall–Kier alpha value is -0.630. The maximum atomic E-state index is 11.9. The van der Waals surface area contributed by atoms with Gasteiger partial charge in [0.2, 0.25) is 0 Å². The molecule has 0 radical (unpaired) electrons. The van der Waals surface area contributed by atoms with E-state index in [2.05, 4.69) is 13.8 Å². The highest BCUT2D eigenvalue weighted by molar-refractivity contribution is 5.91. The lowest BCUT2D eigenvalue weighted by molar-refractivity contribution is -0.117. The number of allylic oxidation sites excluding steroid dienone is 1. The van der Waals surface area contributed by atoms with E-state index < -0.39 is 0 Å². The van der Waals surface area contributed by atoms with Crippen LogP contribution in [0, 0.1) is 34.5 Å². The van der Waals surface area contributed by atoms with E-state index in [-0.39, 0.29) is 0 Å². The normalized spacial score (nSPS) is 49.2. The molecule has 0 aromatic heterocycles. The topological polar surface area (TPSA) is 26.3 Å². The van der Waals surface area contributed by atoms with Gasteiger partial charge in [-0.2, -0.15) is 0 Å². The number of ether oxygens (including phenoxy) is 1. The first-order valence-corrected chi connectivity index (χ1v) is 9.72. The first-order valence-electron chi connectivity index (χ1n) is 9.72. The van der Waals surface area contributed by atoms with Crippen LogP contribution >= 0.6 is 0 Å². The van der Waals surface area contributed by atoms with Gasteiger partial charge in [0.25, 0.3) is 0 Å². The van der Waals surface area contributed by atoms with Crippen LogP contribution < -0.4 is 0 Å². The van der Waals surface area contributed by atoms with Gasteiger partial charge in [0.1, 0.15) is 0 Å². The number of rotatable bonds is 2. The van der Waals surface area contributed by atoms with E-state index in [1.165, 1.54) is 44.1 Å². The first-order chi connectivity index (χ1) is 11.0. The SMILES string of the molecule is COC[C@H]1CC[C@H]2[C@@H]3CCC4=CC(=O)CC[C@]4(C)[C@H]3CC[C@]12C. The van der Waals surface area contributed by atoms with Crippen LogP contribution in [0.1, 0.15) is 65.2 Å². The zero-order chi connectivity index (χ0) is 16.2. The smallest absolute Gasteiger partial charge is 0.155 e. The number of ketones is 1. The minimum atomic E-state index is 0.317. The second kappa shape index (κ2) is 5.44. The van der Waals surface area contributed by atoms with E-state index in [0.29, 0.717) is 16.6 Å². The fourth-order valence-electron chi connectivity index (χ4n) is 7.14. The Labute approximate surface area is 141 Å². The monoisotopic (exact) mass is 316 g/mol. The first kappa shape index (κ1) is 15.9. The molecule has 3 saturated carbocycles. The van der Waals surface area contributed by atoms with Crippen molar-refractivity contribution in [1.82, 2.24) is 0 Å². The highest BCUT2D eigenvalue weighted by atomic mass is 16.5. The van der Waals surface area contributed by atoms with Crippen LogP contribution in [0.2, 0.25) is 0 Å². The minimum Gasteiger partial charge on any atom is -0.384 e. The summed E-state index contributed by atoms with van der Waals surface area (Å²) in [5.41, 5.74) is 2.31. The highest BCUT2D eigenvalue weighted by Gasteiger charge is 2.58. The lowest BCUT2D eigenvalue weighted by Crippen LogP contribution is -2.50. The van der Waals surface area contributed by atoms with Gasteiger partial charge in [0, 0.05) is 20.1 Å². The fraction of sp³-hybridized carbons (Fsp3) is 0.857. The molecule has 3 fully saturated rings. The zero-order valence-corrected chi connectivity index (χ0v) is 15.1. The molecule has 4 rings (SSSR count). The Kier molecular flexibility index (Phi) is 3.75. The van der Waals surface area contributed by atoms with E-state index >= 15 is 0 Å². The Balaban J connectivity index is 1.63. The van der Waals surface area contributed by atoms with Crippen molar-refractivity contribution in [1.29, 1.82) is 0 Å². The van der Waals surface area contributed by atoms with Gasteiger partial charge in [-0.1, -0.05) is 19.4 Å². The molecule has 0 aliphatic heterocycles. The quantitative estimate of drug-likeness (QED) is 0.733. The number of fused-ring (bicyclic) bond motifs is 5. The summed E-state index contributed by atoms with van der Waals surface area (Å²) in [5.74, 6) is 3.71. The molecular formula is C21H32O2. The summed E-state index contributed by atoms with van der Waals surface area (Å²) in [5, 5.41) is 0. The van der Waals surface area contributed by atoms with Gasteiger partial charge in [-0.15, -0.1) is 0 Å². The van der Waals surface area contributed by atoms with Gasteiger partial charge in [0.15, 0.2) is 5.78 Å². The summed E-state index contributed by atoms with van der Waals surface area (Å²) in [6.07, 6.45) is 11.9. The standard InChI is InChI=1S/C21H32O2/c1-20-10-8-16(22)12-14(20)4-6-17-18-7-5-15(13-23-3)21(18,2)11-9-19(17)20/h12,15,17-19H,4-11,13H2,1-3H3/t15-,17+,18+,19+,20+,21-/m1/s1. The second-order valence-corrected chi connectivity index (χ2v) is 9.24. The predicted molar refractivity (Wildman–Crippen MR) is 92.1 cm³/mol.